The van der Waals surface area contributed by atoms with Gasteiger partial charge in [-0.05, 0) is 24.1 Å². The highest BCUT2D eigenvalue weighted by Gasteiger charge is 2.31. The van der Waals surface area contributed by atoms with Gasteiger partial charge in [-0.25, -0.2) is 4.98 Å². The minimum atomic E-state index is -4.45. The Kier molecular flexibility index (Phi) is 4.17. The van der Waals surface area contributed by atoms with E-state index in [-0.39, 0.29) is 10.8 Å². The monoisotopic (exact) mass is 339 g/mol. The lowest BCUT2D eigenvalue weighted by Crippen LogP contribution is -2.09. The largest absolute Gasteiger partial charge is 0.417 e. The van der Waals surface area contributed by atoms with E-state index in [0.29, 0.717) is 13.0 Å². The third-order valence-electron chi connectivity index (χ3n) is 3.53. The van der Waals surface area contributed by atoms with E-state index < -0.39 is 11.7 Å². The van der Waals surface area contributed by atoms with Gasteiger partial charge in [0, 0.05) is 29.8 Å². The molecule has 2 N–H and O–H groups in total. The number of alkyl halides is 3. The molecule has 0 bridgehead atoms. The molecule has 0 unspecified atom stereocenters. The molecule has 0 saturated heterocycles. The number of nitrogens with zero attached hydrogens (tertiary/aromatic N) is 1. The van der Waals surface area contributed by atoms with Gasteiger partial charge in [0.15, 0.2) is 0 Å². The molecule has 2 heterocycles. The van der Waals surface area contributed by atoms with E-state index in [4.69, 9.17) is 11.6 Å². The Bertz CT molecular complexity index is 827. The van der Waals surface area contributed by atoms with Crippen LogP contribution in [0.1, 0.15) is 11.1 Å². The molecule has 1 aromatic carbocycles. The molecule has 0 spiro atoms. The second-order valence-corrected chi connectivity index (χ2v) is 5.50. The summed E-state index contributed by atoms with van der Waals surface area (Å²) < 4.78 is 37.7. The van der Waals surface area contributed by atoms with Gasteiger partial charge in [-0.3, -0.25) is 0 Å². The highest BCUT2D eigenvalue weighted by Crippen LogP contribution is 2.32. The smallest absolute Gasteiger partial charge is 0.369 e. The fraction of sp³-hybridized carbons (Fsp3) is 0.188. The third-order valence-corrected chi connectivity index (χ3v) is 3.82. The fourth-order valence-corrected chi connectivity index (χ4v) is 2.61. The van der Waals surface area contributed by atoms with Gasteiger partial charge in [0.2, 0.25) is 0 Å². The quantitative estimate of drug-likeness (QED) is 0.710. The van der Waals surface area contributed by atoms with E-state index in [2.05, 4.69) is 15.3 Å². The highest BCUT2D eigenvalue weighted by atomic mass is 35.5. The minimum Gasteiger partial charge on any atom is -0.369 e. The van der Waals surface area contributed by atoms with E-state index in [1.807, 2.05) is 30.5 Å². The van der Waals surface area contributed by atoms with Crippen molar-refractivity contribution in [1.82, 2.24) is 9.97 Å². The van der Waals surface area contributed by atoms with Crippen LogP contribution in [-0.2, 0) is 12.6 Å². The zero-order valence-corrected chi connectivity index (χ0v) is 12.7. The molecule has 0 fully saturated rings. The summed E-state index contributed by atoms with van der Waals surface area (Å²) in [6.07, 6.45) is -1.05. The summed E-state index contributed by atoms with van der Waals surface area (Å²) in [7, 11) is 0. The second-order valence-electron chi connectivity index (χ2n) is 5.09. The first kappa shape index (κ1) is 15.7. The standard InChI is InChI=1S/C16H13ClF3N3/c17-13-7-11(16(18,19)20)9-23-15(13)21-6-5-10-8-22-14-4-2-1-3-12(10)14/h1-4,7-9,22H,5-6H2,(H,21,23). The molecule has 0 aliphatic rings. The summed E-state index contributed by atoms with van der Waals surface area (Å²) in [6.45, 7) is 0.514. The van der Waals surface area contributed by atoms with Gasteiger partial charge in [0.1, 0.15) is 5.82 Å². The van der Waals surface area contributed by atoms with Crippen molar-refractivity contribution in [2.45, 2.75) is 12.6 Å². The maximum Gasteiger partial charge on any atom is 0.417 e. The maximum absolute atomic E-state index is 12.6. The van der Waals surface area contributed by atoms with Crippen LogP contribution in [0.25, 0.3) is 10.9 Å². The molecule has 0 radical (unpaired) electrons. The average molecular weight is 340 g/mol. The van der Waals surface area contributed by atoms with Gasteiger partial charge in [0.05, 0.1) is 10.6 Å². The highest BCUT2D eigenvalue weighted by molar-refractivity contribution is 6.32. The molecule has 0 aliphatic carbocycles. The van der Waals surface area contributed by atoms with Crippen molar-refractivity contribution >= 4 is 28.3 Å². The van der Waals surface area contributed by atoms with Crippen molar-refractivity contribution < 1.29 is 13.2 Å². The van der Waals surface area contributed by atoms with Gasteiger partial charge < -0.3 is 10.3 Å². The molecule has 3 rings (SSSR count). The lowest BCUT2D eigenvalue weighted by Gasteiger charge is -2.10. The number of hydrogen-bond acceptors (Lipinski definition) is 2. The van der Waals surface area contributed by atoms with Crippen LogP contribution in [0, 0.1) is 0 Å². The van der Waals surface area contributed by atoms with Gasteiger partial charge in [0.25, 0.3) is 0 Å². The Balaban J connectivity index is 1.67. The number of benzene rings is 1. The van der Waals surface area contributed by atoms with Gasteiger partial charge in [-0.1, -0.05) is 29.8 Å². The lowest BCUT2D eigenvalue weighted by atomic mass is 10.1. The Labute approximate surface area is 135 Å². The summed E-state index contributed by atoms with van der Waals surface area (Å²) in [5.74, 6) is 0.250. The number of pyridine rings is 1. The number of para-hydroxylation sites is 1. The van der Waals surface area contributed by atoms with Crippen LogP contribution in [0.5, 0.6) is 0 Å². The number of aromatic nitrogens is 2. The van der Waals surface area contributed by atoms with Crippen molar-refractivity contribution in [1.29, 1.82) is 0 Å². The zero-order chi connectivity index (χ0) is 16.4. The SMILES string of the molecule is FC(F)(F)c1cnc(NCCc2c[nH]c3ccccc23)c(Cl)c1. The summed E-state index contributed by atoms with van der Waals surface area (Å²) in [4.78, 5) is 6.93. The molecule has 2 aromatic heterocycles. The van der Waals surface area contributed by atoms with Crippen molar-refractivity contribution in [2.75, 3.05) is 11.9 Å². The first-order valence-corrected chi connectivity index (χ1v) is 7.34. The summed E-state index contributed by atoms with van der Waals surface area (Å²) >= 11 is 5.86. The molecule has 0 atom stereocenters. The number of halogens is 4. The fourth-order valence-electron chi connectivity index (χ4n) is 2.38. The first-order valence-electron chi connectivity index (χ1n) is 6.97. The van der Waals surface area contributed by atoms with Crippen molar-refractivity contribution in [2.24, 2.45) is 0 Å². The average Bonchev–Trinajstić information content (AvgIpc) is 2.91. The summed E-state index contributed by atoms with van der Waals surface area (Å²) in [5, 5.41) is 4.05. The van der Waals surface area contributed by atoms with Gasteiger partial charge in [-0.2, -0.15) is 13.2 Å². The number of nitrogens with one attached hydrogen (secondary N) is 2. The predicted octanol–water partition coefficient (Wildman–Crippen LogP) is 4.89. The van der Waals surface area contributed by atoms with Crippen LogP contribution < -0.4 is 5.32 Å². The first-order chi connectivity index (χ1) is 10.9. The van der Waals surface area contributed by atoms with Crippen molar-refractivity contribution in [3.63, 3.8) is 0 Å². The number of H-pyrrole nitrogens is 1. The molecule has 0 amide bonds. The summed E-state index contributed by atoms with van der Waals surface area (Å²) in [5.41, 5.74) is 1.31. The van der Waals surface area contributed by atoms with Crippen LogP contribution in [0.3, 0.4) is 0 Å². The number of rotatable bonds is 4. The minimum absolute atomic E-state index is 0.0428. The van der Waals surface area contributed by atoms with Gasteiger partial charge in [-0.15, -0.1) is 0 Å². The normalized spacial score (nSPS) is 11.8. The van der Waals surface area contributed by atoms with Crippen LogP contribution in [0.2, 0.25) is 5.02 Å². The van der Waals surface area contributed by atoms with Crippen molar-refractivity contribution in [3.05, 3.63) is 58.9 Å². The Morgan fingerprint density at radius 3 is 2.74 bits per heavy atom. The Hall–Kier alpha value is -2.21. The molecular formula is C16H13ClF3N3. The van der Waals surface area contributed by atoms with Crippen LogP contribution in [0.15, 0.2) is 42.7 Å². The third kappa shape index (κ3) is 3.42. The van der Waals surface area contributed by atoms with E-state index >= 15 is 0 Å². The Morgan fingerprint density at radius 2 is 2.00 bits per heavy atom. The Morgan fingerprint density at radius 1 is 1.22 bits per heavy atom. The van der Waals surface area contributed by atoms with E-state index in [1.165, 1.54) is 0 Å². The number of aromatic amines is 1. The topological polar surface area (TPSA) is 40.7 Å². The molecule has 120 valence electrons. The molecule has 3 nitrogen and oxygen atoms in total. The van der Waals surface area contributed by atoms with Crippen LogP contribution >= 0.6 is 11.6 Å². The molecule has 7 heteroatoms. The predicted molar refractivity (Wildman–Crippen MR) is 84.7 cm³/mol. The molecule has 0 aliphatic heterocycles. The van der Waals surface area contributed by atoms with Crippen LogP contribution in [0.4, 0.5) is 19.0 Å². The van der Waals surface area contributed by atoms with E-state index in [0.717, 1.165) is 28.7 Å². The zero-order valence-electron chi connectivity index (χ0n) is 11.9. The van der Waals surface area contributed by atoms with E-state index in [1.54, 1.807) is 0 Å². The van der Waals surface area contributed by atoms with E-state index in [9.17, 15) is 13.2 Å². The van der Waals surface area contributed by atoms with Crippen LogP contribution in [-0.4, -0.2) is 16.5 Å². The lowest BCUT2D eigenvalue weighted by molar-refractivity contribution is -0.137. The molecule has 3 aromatic rings. The number of anilines is 1. The maximum atomic E-state index is 12.6. The number of fused-ring (bicyclic) bond motifs is 1. The van der Waals surface area contributed by atoms with Crippen molar-refractivity contribution in [3.8, 4) is 0 Å². The molecular weight excluding hydrogens is 327 g/mol. The molecule has 23 heavy (non-hydrogen) atoms. The number of hydrogen-bond donors (Lipinski definition) is 2. The molecule has 0 saturated carbocycles. The summed E-state index contributed by atoms with van der Waals surface area (Å²) in [6, 6.07) is 8.79. The second kappa shape index (κ2) is 6.12. The van der Waals surface area contributed by atoms with Gasteiger partial charge >= 0.3 is 6.18 Å².